The van der Waals surface area contributed by atoms with Crippen molar-refractivity contribution in [3.05, 3.63) is 82.5 Å². The lowest BCUT2D eigenvalue weighted by Gasteiger charge is -2.30. The van der Waals surface area contributed by atoms with Crippen LogP contribution < -0.4 is 10.2 Å². The Morgan fingerprint density at radius 1 is 1.10 bits per heavy atom. The SMILES string of the molecule is COC(=O)c1ccc2c(c1)CCN(c1cc(C3CC3)nc(NCc3ccccc3)n1)C2. The highest BCUT2D eigenvalue weighted by Gasteiger charge is 2.28. The van der Waals surface area contributed by atoms with Crippen molar-refractivity contribution in [2.24, 2.45) is 0 Å². The first-order chi connectivity index (χ1) is 15.2. The summed E-state index contributed by atoms with van der Waals surface area (Å²) in [6.07, 6.45) is 3.27. The molecule has 0 radical (unpaired) electrons. The molecule has 5 rings (SSSR count). The average molecular weight is 415 g/mol. The van der Waals surface area contributed by atoms with E-state index in [-0.39, 0.29) is 5.97 Å². The largest absolute Gasteiger partial charge is 0.465 e. The van der Waals surface area contributed by atoms with Crippen molar-refractivity contribution < 1.29 is 9.53 Å². The fourth-order valence-corrected chi connectivity index (χ4v) is 4.05. The molecule has 0 amide bonds. The molecule has 0 spiro atoms. The summed E-state index contributed by atoms with van der Waals surface area (Å²) in [6.45, 7) is 2.33. The van der Waals surface area contributed by atoms with Crippen molar-refractivity contribution in [3.63, 3.8) is 0 Å². The molecule has 0 unspecified atom stereocenters. The van der Waals surface area contributed by atoms with Gasteiger partial charge in [0.15, 0.2) is 0 Å². The molecule has 2 aromatic carbocycles. The zero-order valence-corrected chi connectivity index (χ0v) is 17.7. The lowest BCUT2D eigenvalue weighted by Crippen LogP contribution is -2.31. The molecule has 158 valence electrons. The highest BCUT2D eigenvalue weighted by atomic mass is 16.5. The molecule has 2 aliphatic rings. The Hall–Kier alpha value is -3.41. The summed E-state index contributed by atoms with van der Waals surface area (Å²) in [5.41, 5.74) is 5.38. The molecule has 1 aliphatic heterocycles. The molecule has 1 fully saturated rings. The average Bonchev–Trinajstić information content (AvgIpc) is 3.68. The monoisotopic (exact) mass is 414 g/mol. The van der Waals surface area contributed by atoms with Gasteiger partial charge >= 0.3 is 5.97 Å². The van der Waals surface area contributed by atoms with Gasteiger partial charge < -0.3 is 15.0 Å². The van der Waals surface area contributed by atoms with Crippen LogP contribution in [0.1, 0.15) is 51.5 Å². The molecule has 1 aromatic heterocycles. The molecular formula is C25H26N4O2. The minimum Gasteiger partial charge on any atom is -0.465 e. The topological polar surface area (TPSA) is 67.3 Å². The second-order valence-corrected chi connectivity index (χ2v) is 8.23. The van der Waals surface area contributed by atoms with Crippen molar-refractivity contribution in [2.45, 2.75) is 38.3 Å². The van der Waals surface area contributed by atoms with Crippen molar-refractivity contribution in [2.75, 3.05) is 23.9 Å². The molecule has 1 aliphatic carbocycles. The fourth-order valence-electron chi connectivity index (χ4n) is 4.05. The minimum atomic E-state index is -0.288. The number of hydrogen-bond acceptors (Lipinski definition) is 6. The smallest absolute Gasteiger partial charge is 0.337 e. The van der Waals surface area contributed by atoms with Crippen LogP contribution in [0.3, 0.4) is 0 Å². The summed E-state index contributed by atoms with van der Waals surface area (Å²) >= 11 is 0. The van der Waals surface area contributed by atoms with Gasteiger partial charge in [-0.15, -0.1) is 0 Å². The maximum atomic E-state index is 11.8. The number of nitrogens with zero attached hydrogens (tertiary/aromatic N) is 3. The molecule has 1 saturated carbocycles. The number of anilines is 2. The normalized spacial score (nSPS) is 15.3. The summed E-state index contributed by atoms with van der Waals surface area (Å²) in [7, 11) is 1.42. The molecule has 0 atom stereocenters. The van der Waals surface area contributed by atoms with Crippen LogP contribution in [-0.2, 0) is 24.2 Å². The van der Waals surface area contributed by atoms with E-state index in [0.717, 1.165) is 31.0 Å². The van der Waals surface area contributed by atoms with Crippen LogP contribution in [0.4, 0.5) is 11.8 Å². The number of carbonyl (C=O) groups excluding carboxylic acids is 1. The van der Waals surface area contributed by atoms with Gasteiger partial charge in [-0.25, -0.2) is 9.78 Å². The predicted molar refractivity (Wildman–Crippen MR) is 120 cm³/mol. The predicted octanol–water partition coefficient (Wildman–Crippen LogP) is 4.32. The molecule has 31 heavy (non-hydrogen) atoms. The molecule has 1 N–H and O–H groups in total. The quantitative estimate of drug-likeness (QED) is 0.606. The number of ether oxygens (including phenoxy) is 1. The van der Waals surface area contributed by atoms with E-state index >= 15 is 0 Å². The molecule has 3 aromatic rings. The van der Waals surface area contributed by atoms with E-state index in [0.29, 0.717) is 24.0 Å². The van der Waals surface area contributed by atoms with Crippen LogP contribution in [0.2, 0.25) is 0 Å². The van der Waals surface area contributed by atoms with Gasteiger partial charge in [-0.05, 0) is 48.1 Å². The van der Waals surface area contributed by atoms with Crippen molar-refractivity contribution >= 4 is 17.7 Å². The number of rotatable bonds is 6. The number of fused-ring (bicyclic) bond motifs is 1. The van der Waals surface area contributed by atoms with Crippen LogP contribution in [-0.4, -0.2) is 29.6 Å². The van der Waals surface area contributed by atoms with Crippen LogP contribution in [0.5, 0.6) is 0 Å². The first-order valence-corrected chi connectivity index (χ1v) is 10.8. The van der Waals surface area contributed by atoms with Gasteiger partial charge in [-0.3, -0.25) is 0 Å². The molecule has 6 heteroatoms. The summed E-state index contributed by atoms with van der Waals surface area (Å²) in [5, 5.41) is 3.41. The number of carbonyl (C=O) groups is 1. The first kappa shape index (κ1) is 19.5. The van der Waals surface area contributed by atoms with Gasteiger partial charge in [-0.2, -0.15) is 4.98 Å². The number of esters is 1. The Morgan fingerprint density at radius 2 is 1.94 bits per heavy atom. The standard InChI is InChI=1S/C25H26N4O2/c1-31-24(30)20-9-10-21-16-29(12-11-19(21)13-20)23-14-22(18-7-8-18)27-25(28-23)26-15-17-5-3-2-4-6-17/h2-6,9-10,13-14,18H,7-8,11-12,15-16H2,1H3,(H,26,27,28). The number of benzene rings is 2. The third kappa shape index (κ3) is 4.38. The maximum absolute atomic E-state index is 11.8. The van der Waals surface area contributed by atoms with Gasteiger partial charge in [0, 0.05) is 31.6 Å². The van der Waals surface area contributed by atoms with E-state index in [1.54, 1.807) is 0 Å². The molecular weight excluding hydrogens is 388 g/mol. The zero-order chi connectivity index (χ0) is 21.2. The summed E-state index contributed by atoms with van der Waals surface area (Å²) < 4.78 is 4.85. The van der Waals surface area contributed by atoms with E-state index in [1.165, 1.54) is 36.6 Å². The molecule has 2 heterocycles. The number of nitrogens with one attached hydrogen (secondary N) is 1. The van der Waals surface area contributed by atoms with Crippen molar-refractivity contribution in [1.82, 2.24) is 9.97 Å². The fraction of sp³-hybridized carbons (Fsp3) is 0.320. The third-order valence-corrected chi connectivity index (χ3v) is 5.99. The first-order valence-electron chi connectivity index (χ1n) is 10.8. The third-order valence-electron chi connectivity index (χ3n) is 5.99. The Kier molecular flexibility index (Phi) is 5.28. The van der Waals surface area contributed by atoms with E-state index in [9.17, 15) is 4.79 Å². The second kappa shape index (κ2) is 8.38. The van der Waals surface area contributed by atoms with Gasteiger partial charge in [0.05, 0.1) is 18.4 Å². The lowest BCUT2D eigenvalue weighted by molar-refractivity contribution is 0.0600. The molecule has 6 nitrogen and oxygen atoms in total. The van der Waals surface area contributed by atoms with Crippen molar-refractivity contribution in [1.29, 1.82) is 0 Å². The minimum absolute atomic E-state index is 0.288. The summed E-state index contributed by atoms with van der Waals surface area (Å²) in [5.74, 6) is 1.92. The Morgan fingerprint density at radius 3 is 2.71 bits per heavy atom. The van der Waals surface area contributed by atoms with Crippen LogP contribution in [0.25, 0.3) is 0 Å². The Bertz CT molecular complexity index is 1100. The van der Waals surface area contributed by atoms with Gasteiger partial charge in [-0.1, -0.05) is 36.4 Å². The Labute approximate surface area is 182 Å². The zero-order valence-electron chi connectivity index (χ0n) is 17.7. The van der Waals surface area contributed by atoms with E-state index < -0.39 is 0 Å². The maximum Gasteiger partial charge on any atom is 0.337 e. The van der Waals surface area contributed by atoms with Crippen LogP contribution in [0.15, 0.2) is 54.6 Å². The van der Waals surface area contributed by atoms with Gasteiger partial charge in [0.25, 0.3) is 0 Å². The number of aromatic nitrogens is 2. The Balaban J connectivity index is 1.37. The summed E-state index contributed by atoms with van der Waals surface area (Å²) in [6, 6.07) is 18.3. The molecule has 0 bridgehead atoms. The van der Waals surface area contributed by atoms with E-state index in [4.69, 9.17) is 14.7 Å². The highest BCUT2D eigenvalue weighted by Crippen LogP contribution is 2.40. The van der Waals surface area contributed by atoms with Crippen LogP contribution in [0, 0.1) is 0 Å². The molecule has 0 saturated heterocycles. The van der Waals surface area contributed by atoms with E-state index in [2.05, 4.69) is 28.4 Å². The lowest BCUT2D eigenvalue weighted by atomic mass is 9.97. The van der Waals surface area contributed by atoms with Gasteiger partial charge in [0.2, 0.25) is 5.95 Å². The summed E-state index contributed by atoms with van der Waals surface area (Å²) in [4.78, 5) is 23.8. The highest BCUT2D eigenvalue weighted by molar-refractivity contribution is 5.89. The van der Waals surface area contributed by atoms with Crippen molar-refractivity contribution in [3.8, 4) is 0 Å². The number of methoxy groups -OCH3 is 1. The van der Waals surface area contributed by atoms with E-state index in [1.807, 2.05) is 36.4 Å². The number of hydrogen-bond donors (Lipinski definition) is 1. The second-order valence-electron chi connectivity index (χ2n) is 8.23. The van der Waals surface area contributed by atoms with Crippen LogP contribution >= 0.6 is 0 Å². The van der Waals surface area contributed by atoms with Gasteiger partial charge in [0.1, 0.15) is 5.82 Å².